The Morgan fingerprint density at radius 3 is 2.19 bits per heavy atom. The van der Waals surface area contributed by atoms with Crippen molar-refractivity contribution in [3.63, 3.8) is 0 Å². The number of hydrogen-bond donors (Lipinski definition) is 1. The van der Waals surface area contributed by atoms with Crippen LogP contribution in [-0.4, -0.2) is 19.3 Å². The Morgan fingerprint density at radius 2 is 1.56 bits per heavy atom. The number of fused-ring (bicyclic) bond motifs is 1. The Balaban J connectivity index is 1.83. The SMILES string of the molecule is COc1ccc([C@@H]2Oc3cc(OC)c(O)cc3[C@H]2c2ccc(Cl)cc2)cc1. The van der Waals surface area contributed by atoms with Gasteiger partial charge in [0.2, 0.25) is 0 Å². The molecule has 4 rings (SSSR count). The van der Waals surface area contributed by atoms with E-state index >= 15 is 0 Å². The molecule has 0 aliphatic carbocycles. The van der Waals surface area contributed by atoms with Gasteiger partial charge < -0.3 is 19.3 Å². The van der Waals surface area contributed by atoms with Crippen molar-refractivity contribution in [1.29, 1.82) is 0 Å². The van der Waals surface area contributed by atoms with Crippen molar-refractivity contribution < 1.29 is 19.3 Å². The van der Waals surface area contributed by atoms with Gasteiger partial charge in [-0.05, 0) is 41.5 Å². The molecule has 0 fully saturated rings. The number of benzene rings is 3. The van der Waals surface area contributed by atoms with Crippen molar-refractivity contribution in [1.82, 2.24) is 0 Å². The number of halogens is 1. The molecule has 0 amide bonds. The summed E-state index contributed by atoms with van der Waals surface area (Å²) in [5, 5.41) is 11.0. The van der Waals surface area contributed by atoms with Crippen LogP contribution in [0.15, 0.2) is 60.7 Å². The van der Waals surface area contributed by atoms with E-state index in [1.165, 1.54) is 7.11 Å². The third kappa shape index (κ3) is 3.17. The van der Waals surface area contributed by atoms with E-state index in [1.807, 2.05) is 48.5 Å². The Morgan fingerprint density at radius 1 is 0.889 bits per heavy atom. The number of ether oxygens (including phenoxy) is 3. The van der Waals surface area contributed by atoms with Crippen LogP contribution in [0.2, 0.25) is 5.02 Å². The van der Waals surface area contributed by atoms with Gasteiger partial charge in [0.1, 0.15) is 17.6 Å². The standard InChI is InChI=1S/C22H19ClO4/c1-25-16-9-5-14(6-10-16)22-21(13-3-7-15(23)8-4-13)17-11-18(24)20(26-2)12-19(17)27-22/h3-12,21-22,24H,1-2H3/t21-,22+/m1/s1. The average molecular weight is 383 g/mol. The summed E-state index contributed by atoms with van der Waals surface area (Å²) in [5.41, 5.74) is 2.99. The molecule has 1 heterocycles. The Labute approximate surface area is 162 Å². The first kappa shape index (κ1) is 17.6. The lowest BCUT2D eigenvalue weighted by Gasteiger charge is -2.20. The fourth-order valence-corrected chi connectivity index (χ4v) is 3.65. The van der Waals surface area contributed by atoms with Gasteiger partial charge in [-0.25, -0.2) is 0 Å². The number of rotatable bonds is 4. The van der Waals surface area contributed by atoms with Crippen LogP contribution >= 0.6 is 11.6 Å². The highest BCUT2D eigenvalue weighted by molar-refractivity contribution is 6.30. The number of hydrogen-bond acceptors (Lipinski definition) is 4. The summed E-state index contributed by atoms with van der Waals surface area (Å²) in [6.07, 6.45) is -0.237. The van der Waals surface area contributed by atoms with E-state index in [1.54, 1.807) is 19.2 Å². The molecule has 0 saturated carbocycles. The average Bonchev–Trinajstić information content (AvgIpc) is 3.06. The fourth-order valence-electron chi connectivity index (χ4n) is 3.52. The van der Waals surface area contributed by atoms with Gasteiger partial charge in [0, 0.05) is 16.7 Å². The summed E-state index contributed by atoms with van der Waals surface area (Å²) in [5.74, 6) is 1.89. The molecule has 27 heavy (non-hydrogen) atoms. The van der Waals surface area contributed by atoms with Gasteiger partial charge in [-0.2, -0.15) is 0 Å². The normalized spacial score (nSPS) is 17.9. The molecule has 1 aliphatic rings. The smallest absolute Gasteiger partial charge is 0.164 e. The minimum absolute atomic E-state index is 0.0810. The molecule has 5 heteroatoms. The van der Waals surface area contributed by atoms with Gasteiger partial charge in [0.25, 0.3) is 0 Å². The summed E-state index contributed by atoms with van der Waals surface area (Å²) in [4.78, 5) is 0. The molecular formula is C22H19ClO4. The molecule has 1 N–H and O–H groups in total. The van der Waals surface area contributed by atoms with Gasteiger partial charge in [0.05, 0.1) is 20.1 Å². The summed E-state index contributed by atoms with van der Waals surface area (Å²) in [6, 6.07) is 19.0. The highest BCUT2D eigenvalue weighted by Crippen LogP contribution is 2.52. The van der Waals surface area contributed by atoms with Gasteiger partial charge in [-0.3, -0.25) is 0 Å². The second-order valence-electron chi connectivity index (χ2n) is 6.40. The van der Waals surface area contributed by atoms with E-state index in [0.717, 1.165) is 22.4 Å². The molecule has 0 saturated heterocycles. The predicted molar refractivity (Wildman–Crippen MR) is 104 cm³/mol. The molecule has 3 aromatic carbocycles. The van der Waals surface area contributed by atoms with Crippen LogP contribution in [0, 0.1) is 0 Å². The molecule has 2 atom stereocenters. The maximum absolute atomic E-state index is 10.3. The lowest BCUT2D eigenvalue weighted by atomic mass is 9.85. The van der Waals surface area contributed by atoms with Crippen LogP contribution in [0.4, 0.5) is 0 Å². The first-order valence-corrected chi connectivity index (χ1v) is 8.95. The number of phenols is 1. The minimum Gasteiger partial charge on any atom is -0.504 e. The molecule has 0 radical (unpaired) electrons. The maximum Gasteiger partial charge on any atom is 0.164 e. The van der Waals surface area contributed by atoms with Crippen LogP contribution in [0.1, 0.15) is 28.7 Å². The number of phenolic OH excluding ortho intramolecular Hbond substituents is 1. The summed E-state index contributed by atoms with van der Waals surface area (Å²) in [6.45, 7) is 0. The second-order valence-corrected chi connectivity index (χ2v) is 6.84. The largest absolute Gasteiger partial charge is 0.504 e. The quantitative estimate of drug-likeness (QED) is 0.662. The van der Waals surface area contributed by atoms with E-state index in [0.29, 0.717) is 16.5 Å². The Bertz CT molecular complexity index is 951. The highest BCUT2D eigenvalue weighted by atomic mass is 35.5. The Kier molecular flexibility index (Phi) is 4.58. The van der Waals surface area contributed by atoms with Gasteiger partial charge >= 0.3 is 0 Å². The first-order valence-electron chi connectivity index (χ1n) is 8.57. The van der Waals surface area contributed by atoms with E-state index in [9.17, 15) is 5.11 Å². The van der Waals surface area contributed by atoms with E-state index in [4.69, 9.17) is 25.8 Å². The number of aromatic hydroxyl groups is 1. The first-order chi connectivity index (χ1) is 13.1. The van der Waals surface area contributed by atoms with Crippen LogP contribution in [-0.2, 0) is 0 Å². The fraction of sp³-hybridized carbons (Fsp3) is 0.182. The van der Waals surface area contributed by atoms with E-state index in [2.05, 4.69) is 0 Å². The molecular weight excluding hydrogens is 364 g/mol. The number of methoxy groups -OCH3 is 2. The monoisotopic (exact) mass is 382 g/mol. The van der Waals surface area contributed by atoms with Crippen molar-refractivity contribution in [2.24, 2.45) is 0 Å². The highest BCUT2D eigenvalue weighted by Gasteiger charge is 2.37. The topological polar surface area (TPSA) is 47.9 Å². The van der Waals surface area contributed by atoms with E-state index in [-0.39, 0.29) is 17.8 Å². The molecule has 0 spiro atoms. The predicted octanol–water partition coefficient (Wildman–Crippen LogP) is 5.33. The van der Waals surface area contributed by atoms with Crippen LogP contribution in [0.5, 0.6) is 23.0 Å². The van der Waals surface area contributed by atoms with Crippen molar-refractivity contribution in [2.45, 2.75) is 12.0 Å². The summed E-state index contributed by atoms with van der Waals surface area (Å²) in [7, 11) is 3.16. The van der Waals surface area contributed by atoms with E-state index < -0.39 is 0 Å². The lowest BCUT2D eigenvalue weighted by molar-refractivity contribution is 0.221. The molecule has 3 aromatic rings. The third-order valence-corrected chi connectivity index (χ3v) is 5.13. The second kappa shape index (κ2) is 7.05. The van der Waals surface area contributed by atoms with Crippen molar-refractivity contribution in [2.75, 3.05) is 14.2 Å². The molecule has 0 unspecified atom stereocenters. The minimum atomic E-state index is -0.237. The van der Waals surface area contributed by atoms with Crippen molar-refractivity contribution in [3.05, 3.63) is 82.4 Å². The van der Waals surface area contributed by atoms with Gasteiger partial charge in [-0.1, -0.05) is 35.9 Å². The summed E-state index contributed by atoms with van der Waals surface area (Å²) < 4.78 is 16.8. The maximum atomic E-state index is 10.3. The third-order valence-electron chi connectivity index (χ3n) is 4.88. The van der Waals surface area contributed by atoms with Crippen molar-refractivity contribution in [3.8, 4) is 23.0 Å². The zero-order valence-electron chi connectivity index (χ0n) is 15.0. The zero-order chi connectivity index (χ0) is 19.0. The Hall–Kier alpha value is -2.85. The van der Waals surface area contributed by atoms with Crippen molar-refractivity contribution >= 4 is 11.6 Å². The van der Waals surface area contributed by atoms with Gasteiger partial charge in [-0.15, -0.1) is 0 Å². The summed E-state index contributed by atoms with van der Waals surface area (Å²) >= 11 is 6.07. The molecule has 0 aromatic heterocycles. The van der Waals surface area contributed by atoms with Crippen LogP contribution < -0.4 is 14.2 Å². The van der Waals surface area contributed by atoms with Gasteiger partial charge in [0.15, 0.2) is 11.5 Å². The van der Waals surface area contributed by atoms with Crippen LogP contribution in [0.3, 0.4) is 0 Å². The molecule has 4 nitrogen and oxygen atoms in total. The lowest BCUT2D eigenvalue weighted by Crippen LogP contribution is -2.11. The molecule has 0 bridgehead atoms. The molecule has 138 valence electrons. The van der Waals surface area contributed by atoms with Crippen LogP contribution in [0.25, 0.3) is 0 Å². The zero-order valence-corrected chi connectivity index (χ0v) is 15.7. The molecule has 1 aliphatic heterocycles.